The molecular weight excluding hydrogens is 332 g/mol. The van der Waals surface area contributed by atoms with E-state index >= 15 is 0 Å². The van der Waals surface area contributed by atoms with Crippen molar-refractivity contribution in [2.24, 2.45) is 5.73 Å². The smallest absolute Gasteiger partial charge is 0.321 e. The summed E-state index contributed by atoms with van der Waals surface area (Å²) in [6.07, 6.45) is 0. The quantitative estimate of drug-likeness (QED) is 0.730. The number of carboxylic acids is 1. The number of amides is 1. The zero-order valence-corrected chi connectivity index (χ0v) is 12.8. The van der Waals surface area contributed by atoms with E-state index in [2.05, 4.69) is 21.2 Å². The van der Waals surface area contributed by atoms with Crippen LogP contribution >= 0.6 is 27.7 Å². The van der Waals surface area contributed by atoms with E-state index < -0.39 is 12.0 Å². The molecule has 0 radical (unpaired) electrons. The van der Waals surface area contributed by atoms with Crippen LogP contribution in [0.1, 0.15) is 5.56 Å². The molecule has 7 heteroatoms. The summed E-state index contributed by atoms with van der Waals surface area (Å²) in [4.78, 5) is 22.1. The second kappa shape index (κ2) is 7.52. The van der Waals surface area contributed by atoms with Crippen molar-refractivity contribution in [2.45, 2.75) is 13.0 Å². The number of carboxylic acid groups (broad SMARTS) is 1. The van der Waals surface area contributed by atoms with E-state index in [1.807, 2.05) is 19.1 Å². The molecule has 1 amide bonds. The molecule has 0 aromatic heterocycles. The molecule has 0 fully saturated rings. The predicted octanol–water partition coefficient (Wildman–Crippen LogP) is 1.84. The monoisotopic (exact) mass is 346 g/mol. The average Bonchev–Trinajstić information content (AvgIpc) is 2.33. The van der Waals surface area contributed by atoms with Gasteiger partial charge in [-0.25, -0.2) is 0 Å². The Morgan fingerprint density at radius 1 is 1.53 bits per heavy atom. The highest BCUT2D eigenvalue weighted by molar-refractivity contribution is 9.10. The number of benzene rings is 1. The number of aryl methyl sites for hydroxylation is 1. The SMILES string of the molecule is Cc1cc(NC(=O)CSCC(N)C(=O)O)ccc1Br. The van der Waals surface area contributed by atoms with Gasteiger partial charge in [0.05, 0.1) is 5.75 Å². The van der Waals surface area contributed by atoms with E-state index in [0.29, 0.717) is 5.69 Å². The largest absolute Gasteiger partial charge is 0.480 e. The van der Waals surface area contributed by atoms with Crippen molar-refractivity contribution >= 4 is 45.3 Å². The van der Waals surface area contributed by atoms with Crippen LogP contribution in [0.5, 0.6) is 0 Å². The van der Waals surface area contributed by atoms with Crippen LogP contribution in [0, 0.1) is 6.92 Å². The molecule has 5 nitrogen and oxygen atoms in total. The van der Waals surface area contributed by atoms with Gasteiger partial charge < -0.3 is 16.2 Å². The molecule has 0 aliphatic rings. The molecule has 0 saturated carbocycles. The van der Waals surface area contributed by atoms with E-state index in [4.69, 9.17) is 10.8 Å². The zero-order chi connectivity index (χ0) is 14.4. The van der Waals surface area contributed by atoms with Crippen molar-refractivity contribution in [1.82, 2.24) is 0 Å². The Labute approximate surface area is 124 Å². The Kier molecular flexibility index (Phi) is 6.33. The molecule has 1 rings (SSSR count). The lowest BCUT2D eigenvalue weighted by molar-refractivity contribution is -0.137. The summed E-state index contributed by atoms with van der Waals surface area (Å²) in [5.74, 6) is -0.848. The molecule has 1 unspecified atom stereocenters. The third kappa shape index (κ3) is 5.63. The van der Waals surface area contributed by atoms with E-state index in [1.54, 1.807) is 6.07 Å². The van der Waals surface area contributed by atoms with Gasteiger partial charge in [-0.1, -0.05) is 15.9 Å². The number of halogens is 1. The lowest BCUT2D eigenvalue weighted by atomic mass is 10.2. The first-order chi connectivity index (χ1) is 8.90. The van der Waals surface area contributed by atoms with Crippen LogP contribution in [-0.2, 0) is 9.59 Å². The van der Waals surface area contributed by atoms with Gasteiger partial charge in [-0.05, 0) is 30.7 Å². The molecule has 0 heterocycles. The van der Waals surface area contributed by atoms with Gasteiger partial charge in [0.1, 0.15) is 6.04 Å². The first kappa shape index (κ1) is 16.0. The summed E-state index contributed by atoms with van der Waals surface area (Å²) < 4.78 is 0.979. The van der Waals surface area contributed by atoms with Gasteiger partial charge in [0.15, 0.2) is 0 Å². The fraction of sp³-hybridized carbons (Fsp3) is 0.333. The topological polar surface area (TPSA) is 92.4 Å². The molecule has 0 bridgehead atoms. The Hall–Kier alpha value is -1.05. The maximum Gasteiger partial charge on any atom is 0.321 e. The molecule has 104 valence electrons. The maximum atomic E-state index is 11.6. The van der Waals surface area contributed by atoms with Crippen LogP contribution in [-0.4, -0.2) is 34.5 Å². The number of hydrogen-bond acceptors (Lipinski definition) is 4. The highest BCUT2D eigenvalue weighted by Gasteiger charge is 2.12. The summed E-state index contributed by atoms with van der Waals surface area (Å²) in [6, 6.07) is 4.57. The van der Waals surface area contributed by atoms with Crippen molar-refractivity contribution in [1.29, 1.82) is 0 Å². The normalized spacial score (nSPS) is 11.9. The predicted molar refractivity (Wildman–Crippen MR) is 80.4 cm³/mol. The summed E-state index contributed by atoms with van der Waals surface area (Å²) in [5.41, 5.74) is 7.08. The fourth-order valence-electron chi connectivity index (χ4n) is 1.27. The first-order valence-corrected chi connectivity index (χ1v) is 7.47. The minimum atomic E-state index is -1.06. The highest BCUT2D eigenvalue weighted by atomic mass is 79.9. The molecule has 19 heavy (non-hydrogen) atoms. The van der Waals surface area contributed by atoms with E-state index in [9.17, 15) is 9.59 Å². The van der Waals surface area contributed by atoms with E-state index in [-0.39, 0.29) is 17.4 Å². The number of aliphatic carboxylic acids is 1. The number of thioether (sulfide) groups is 1. The molecule has 0 saturated heterocycles. The van der Waals surface area contributed by atoms with Crippen molar-refractivity contribution in [3.63, 3.8) is 0 Å². The molecule has 1 aromatic carbocycles. The number of rotatable bonds is 6. The van der Waals surface area contributed by atoms with Gasteiger partial charge in [0.25, 0.3) is 0 Å². The Bertz CT molecular complexity index is 482. The standard InChI is InChI=1S/C12H15BrN2O3S/c1-7-4-8(2-3-9(7)13)15-11(16)6-19-5-10(14)12(17)18/h2-4,10H,5-6,14H2,1H3,(H,15,16)(H,17,18). The number of nitrogens with two attached hydrogens (primary N) is 1. The van der Waals surface area contributed by atoms with Crippen LogP contribution in [0.15, 0.2) is 22.7 Å². The van der Waals surface area contributed by atoms with Gasteiger partial charge in [-0.15, -0.1) is 11.8 Å². The van der Waals surface area contributed by atoms with Crippen molar-refractivity contribution in [3.8, 4) is 0 Å². The van der Waals surface area contributed by atoms with Gasteiger partial charge >= 0.3 is 5.97 Å². The number of carbonyl (C=O) groups is 2. The Morgan fingerprint density at radius 2 is 2.21 bits per heavy atom. The van der Waals surface area contributed by atoms with Crippen LogP contribution in [0.3, 0.4) is 0 Å². The van der Waals surface area contributed by atoms with Crippen molar-refractivity contribution in [2.75, 3.05) is 16.8 Å². The van der Waals surface area contributed by atoms with Crippen molar-refractivity contribution < 1.29 is 14.7 Å². The molecule has 0 spiro atoms. The lowest BCUT2D eigenvalue weighted by Gasteiger charge is -2.08. The van der Waals surface area contributed by atoms with Gasteiger partial charge in [0, 0.05) is 15.9 Å². The summed E-state index contributed by atoms with van der Waals surface area (Å²) in [7, 11) is 0. The molecule has 4 N–H and O–H groups in total. The van der Waals surface area contributed by atoms with Gasteiger partial charge in [-0.2, -0.15) is 0 Å². The maximum absolute atomic E-state index is 11.6. The van der Waals surface area contributed by atoms with Gasteiger partial charge in [-0.3, -0.25) is 9.59 Å². The minimum absolute atomic E-state index is 0.177. The van der Waals surface area contributed by atoms with Crippen LogP contribution in [0.4, 0.5) is 5.69 Å². The second-order valence-electron chi connectivity index (χ2n) is 3.97. The lowest BCUT2D eigenvalue weighted by Crippen LogP contribution is -2.33. The van der Waals surface area contributed by atoms with Crippen molar-refractivity contribution in [3.05, 3.63) is 28.2 Å². The molecule has 0 aliphatic carbocycles. The highest BCUT2D eigenvalue weighted by Crippen LogP contribution is 2.20. The van der Waals surface area contributed by atoms with Crippen LogP contribution < -0.4 is 11.1 Å². The average molecular weight is 347 g/mol. The van der Waals surface area contributed by atoms with Gasteiger partial charge in [0.2, 0.25) is 5.91 Å². The summed E-state index contributed by atoms with van der Waals surface area (Å²) in [5, 5.41) is 11.3. The number of anilines is 1. The number of nitrogens with one attached hydrogen (secondary N) is 1. The summed E-state index contributed by atoms with van der Waals surface area (Å²) in [6.45, 7) is 1.93. The molecule has 1 aromatic rings. The Balaban J connectivity index is 2.39. The van der Waals surface area contributed by atoms with E-state index in [1.165, 1.54) is 11.8 Å². The number of carbonyl (C=O) groups excluding carboxylic acids is 1. The van der Waals surface area contributed by atoms with Crippen LogP contribution in [0.2, 0.25) is 0 Å². The zero-order valence-electron chi connectivity index (χ0n) is 10.4. The molecule has 1 atom stereocenters. The van der Waals surface area contributed by atoms with Crippen LogP contribution in [0.25, 0.3) is 0 Å². The molecular formula is C12H15BrN2O3S. The number of hydrogen-bond donors (Lipinski definition) is 3. The Morgan fingerprint density at radius 3 is 2.79 bits per heavy atom. The van der Waals surface area contributed by atoms with E-state index in [0.717, 1.165) is 10.0 Å². The fourth-order valence-corrected chi connectivity index (χ4v) is 2.29. The third-order valence-corrected chi connectivity index (χ3v) is 4.24. The second-order valence-corrected chi connectivity index (χ2v) is 5.86. The first-order valence-electron chi connectivity index (χ1n) is 5.52. The third-order valence-electron chi connectivity index (χ3n) is 2.29. The molecule has 0 aliphatic heterocycles. The minimum Gasteiger partial charge on any atom is -0.480 e. The summed E-state index contributed by atoms with van der Waals surface area (Å²) >= 11 is 4.58.